The fourth-order valence-corrected chi connectivity index (χ4v) is 3.38. The molecule has 0 spiro atoms. The van der Waals surface area contributed by atoms with Gasteiger partial charge in [-0.3, -0.25) is 14.4 Å². The molecule has 0 aliphatic heterocycles. The van der Waals surface area contributed by atoms with E-state index < -0.39 is 10.8 Å². The molecule has 1 aromatic rings. The van der Waals surface area contributed by atoms with Gasteiger partial charge in [-0.25, -0.2) is 0 Å². The Bertz CT molecular complexity index is 810. The highest BCUT2D eigenvalue weighted by Gasteiger charge is 2.27. The highest BCUT2D eigenvalue weighted by molar-refractivity contribution is 6.02. The van der Waals surface area contributed by atoms with Gasteiger partial charge in [0.05, 0.1) is 0 Å². The normalized spacial score (nSPS) is 12.9. The van der Waals surface area contributed by atoms with E-state index in [-0.39, 0.29) is 17.7 Å². The number of hydrogen-bond acceptors (Lipinski definition) is 3. The molecule has 1 atom stereocenters. The fourth-order valence-electron chi connectivity index (χ4n) is 3.38. The van der Waals surface area contributed by atoms with Crippen LogP contribution in [0.1, 0.15) is 111 Å². The van der Waals surface area contributed by atoms with Gasteiger partial charge in [0.25, 0.3) is 5.91 Å². The molecule has 0 bridgehead atoms. The minimum absolute atomic E-state index is 0.126. The molecule has 0 saturated heterocycles. The van der Waals surface area contributed by atoms with E-state index in [9.17, 15) is 14.4 Å². The number of hydrogen-bond donors (Lipinski definition) is 3. The number of rotatable bonds is 14. The number of carbonyl (C=O) groups is 3. The molecule has 6 heteroatoms. The van der Waals surface area contributed by atoms with Crippen molar-refractivity contribution >= 4 is 29.1 Å². The van der Waals surface area contributed by atoms with E-state index in [1.807, 2.05) is 41.5 Å². The topological polar surface area (TPSA) is 87.3 Å². The van der Waals surface area contributed by atoms with Crippen LogP contribution in [0.15, 0.2) is 18.2 Å². The summed E-state index contributed by atoms with van der Waals surface area (Å²) in [5.74, 6) is 0.797. The first-order valence-corrected chi connectivity index (χ1v) is 13.3. The van der Waals surface area contributed by atoms with Gasteiger partial charge in [0.2, 0.25) is 11.8 Å². The molecule has 6 nitrogen and oxygen atoms in total. The van der Waals surface area contributed by atoms with Crippen molar-refractivity contribution in [3.63, 3.8) is 0 Å². The van der Waals surface area contributed by atoms with Crippen LogP contribution in [0, 0.1) is 22.7 Å². The Kier molecular flexibility index (Phi) is 12.0. The third kappa shape index (κ3) is 10.4. The summed E-state index contributed by atoms with van der Waals surface area (Å²) in [7, 11) is 0. The fraction of sp³-hybridized carbons (Fsp3) is 0.690. The van der Waals surface area contributed by atoms with Crippen molar-refractivity contribution in [2.24, 2.45) is 22.7 Å². The lowest BCUT2D eigenvalue weighted by atomic mass is 9.89. The Balaban J connectivity index is 2.99. The van der Waals surface area contributed by atoms with Gasteiger partial charge in [-0.15, -0.1) is 0 Å². The summed E-state index contributed by atoms with van der Waals surface area (Å²) in [5.41, 5.74) is 0.315. The van der Waals surface area contributed by atoms with Crippen LogP contribution < -0.4 is 16.0 Å². The Labute approximate surface area is 213 Å². The lowest BCUT2D eigenvalue weighted by Gasteiger charge is -2.23. The Hall–Kier alpha value is -2.37. The molecular formula is C29H49N3O3. The summed E-state index contributed by atoms with van der Waals surface area (Å²) in [6.45, 7) is 18.8. The first-order chi connectivity index (χ1) is 16.2. The highest BCUT2D eigenvalue weighted by Crippen LogP contribution is 2.27. The van der Waals surface area contributed by atoms with Gasteiger partial charge in [0.1, 0.15) is 0 Å². The second-order valence-electron chi connectivity index (χ2n) is 11.7. The number of anilines is 2. The van der Waals surface area contributed by atoms with Crippen LogP contribution in [0.25, 0.3) is 0 Å². The monoisotopic (exact) mass is 487 g/mol. The van der Waals surface area contributed by atoms with E-state index in [2.05, 4.69) is 36.7 Å². The summed E-state index contributed by atoms with van der Waals surface area (Å²) in [4.78, 5) is 38.5. The molecule has 1 aromatic carbocycles. The number of nitrogens with one attached hydrogen (secondary N) is 3. The number of carbonyl (C=O) groups excluding carboxylic acids is 3. The first-order valence-electron chi connectivity index (χ1n) is 13.3. The van der Waals surface area contributed by atoms with Crippen molar-refractivity contribution < 1.29 is 14.4 Å². The molecule has 0 aliphatic carbocycles. The summed E-state index contributed by atoms with van der Waals surface area (Å²) in [6, 6.07) is 5.05. The van der Waals surface area contributed by atoms with Crippen molar-refractivity contribution in [2.75, 3.05) is 17.2 Å². The molecule has 35 heavy (non-hydrogen) atoms. The molecule has 3 amide bonds. The van der Waals surface area contributed by atoms with Crippen molar-refractivity contribution in [1.29, 1.82) is 0 Å². The first kappa shape index (κ1) is 30.7. The second kappa shape index (κ2) is 13.6. The van der Waals surface area contributed by atoms with Gasteiger partial charge in [0, 0.05) is 34.3 Å². The zero-order valence-electron chi connectivity index (χ0n) is 23.6. The minimum atomic E-state index is -0.544. The highest BCUT2D eigenvalue weighted by atomic mass is 16.2. The van der Waals surface area contributed by atoms with Gasteiger partial charge in [-0.1, -0.05) is 81.6 Å². The van der Waals surface area contributed by atoms with Crippen LogP contribution in [-0.4, -0.2) is 24.3 Å². The van der Waals surface area contributed by atoms with E-state index in [4.69, 9.17) is 0 Å². The predicted molar refractivity (Wildman–Crippen MR) is 147 cm³/mol. The van der Waals surface area contributed by atoms with Crippen molar-refractivity contribution in [1.82, 2.24) is 5.32 Å². The van der Waals surface area contributed by atoms with Gasteiger partial charge in [0.15, 0.2) is 0 Å². The van der Waals surface area contributed by atoms with Crippen LogP contribution in [0.4, 0.5) is 11.4 Å². The summed E-state index contributed by atoms with van der Waals surface area (Å²) in [6.07, 6.45) is 5.88. The maximum atomic E-state index is 13.0. The van der Waals surface area contributed by atoms with Gasteiger partial charge >= 0.3 is 0 Å². The van der Waals surface area contributed by atoms with Gasteiger partial charge in [-0.2, -0.15) is 0 Å². The lowest BCUT2D eigenvalue weighted by Crippen LogP contribution is -2.31. The molecule has 0 aromatic heterocycles. The average molecular weight is 488 g/mol. The largest absolute Gasteiger partial charge is 0.352 e. The molecule has 0 heterocycles. The Morgan fingerprint density at radius 1 is 0.771 bits per heavy atom. The van der Waals surface area contributed by atoms with Crippen LogP contribution in [-0.2, 0) is 9.59 Å². The van der Waals surface area contributed by atoms with Crippen LogP contribution in [0.3, 0.4) is 0 Å². The van der Waals surface area contributed by atoms with Crippen molar-refractivity contribution in [3.8, 4) is 0 Å². The Morgan fingerprint density at radius 2 is 1.26 bits per heavy atom. The maximum absolute atomic E-state index is 13.0. The summed E-state index contributed by atoms with van der Waals surface area (Å²) >= 11 is 0. The maximum Gasteiger partial charge on any atom is 0.251 e. The molecule has 198 valence electrons. The molecular weight excluding hydrogens is 438 g/mol. The van der Waals surface area contributed by atoms with E-state index in [0.717, 1.165) is 18.8 Å². The molecule has 3 N–H and O–H groups in total. The quantitative estimate of drug-likeness (QED) is 0.263. The third-order valence-corrected chi connectivity index (χ3v) is 7.11. The van der Waals surface area contributed by atoms with Crippen LogP contribution in [0.2, 0.25) is 0 Å². The molecule has 1 rings (SSSR count). The lowest BCUT2D eigenvalue weighted by molar-refractivity contribution is -0.124. The molecule has 0 saturated carbocycles. The number of benzene rings is 1. The van der Waals surface area contributed by atoms with Crippen LogP contribution in [0.5, 0.6) is 0 Å². The van der Waals surface area contributed by atoms with Crippen molar-refractivity contribution in [3.05, 3.63) is 23.8 Å². The van der Waals surface area contributed by atoms with E-state index in [0.29, 0.717) is 42.2 Å². The standard InChI is InChI=1S/C29H49N3O3/c1-10-28(6,7)26(34)31-23-17-22(18-24(19-23)32-27(35)29(8,9)11-2)25(33)30-16-15-21(5)14-12-13-20(3)4/h17-21H,10-16H2,1-9H3,(H,30,33)(H,31,34)(H,32,35). The predicted octanol–water partition coefficient (Wildman–Crippen LogP) is 7.02. The van der Waals surface area contributed by atoms with Gasteiger partial charge < -0.3 is 16.0 Å². The van der Waals surface area contributed by atoms with E-state index in [1.165, 1.54) is 12.8 Å². The van der Waals surface area contributed by atoms with Crippen LogP contribution >= 0.6 is 0 Å². The second-order valence-corrected chi connectivity index (χ2v) is 11.7. The molecule has 1 unspecified atom stereocenters. The molecule has 0 radical (unpaired) electrons. The average Bonchev–Trinajstić information content (AvgIpc) is 2.78. The number of amides is 3. The third-order valence-electron chi connectivity index (χ3n) is 7.11. The Morgan fingerprint density at radius 3 is 1.69 bits per heavy atom. The molecule has 0 aliphatic rings. The minimum Gasteiger partial charge on any atom is -0.352 e. The zero-order valence-corrected chi connectivity index (χ0v) is 23.6. The SMILES string of the molecule is CCC(C)(C)C(=O)Nc1cc(NC(=O)C(C)(C)CC)cc(C(=O)NCCC(C)CCCC(C)C)c1. The molecule has 0 fully saturated rings. The van der Waals surface area contributed by atoms with Gasteiger partial charge in [-0.05, 0) is 49.3 Å². The zero-order chi connectivity index (χ0) is 26.8. The summed E-state index contributed by atoms with van der Waals surface area (Å²) < 4.78 is 0. The summed E-state index contributed by atoms with van der Waals surface area (Å²) in [5, 5.41) is 8.87. The smallest absolute Gasteiger partial charge is 0.251 e. The van der Waals surface area contributed by atoms with E-state index in [1.54, 1.807) is 18.2 Å². The van der Waals surface area contributed by atoms with Crippen molar-refractivity contribution in [2.45, 2.75) is 101 Å². The van der Waals surface area contributed by atoms with E-state index >= 15 is 0 Å².